The SMILES string of the molecule is COc1ccc(CSc2ncnc3nc(N4CCOCC4)sc23)cc1F. The van der Waals surface area contributed by atoms with Crippen molar-refractivity contribution >= 4 is 38.6 Å². The monoisotopic (exact) mass is 392 g/mol. The Morgan fingerprint density at radius 2 is 2.15 bits per heavy atom. The van der Waals surface area contributed by atoms with Crippen molar-refractivity contribution in [1.29, 1.82) is 0 Å². The van der Waals surface area contributed by atoms with Gasteiger partial charge in [-0.25, -0.2) is 14.4 Å². The normalized spacial score (nSPS) is 14.8. The molecule has 0 spiro atoms. The van der Waals surface area contributed by atoms with Crippen LogP contribution in [-0.2, 0) is 10.5 Å². The minimum Gasteiger partial charge on any atom is -0.494 e. The molecule has 136 valence electrons. The Kier molecular flexibility index (Phi) is 5.18. The first-order valence-electron chi connectivity index (χ1n) is 8.14. The molecule has 3 aromatic rings. The van der Waals surface area contributed by atoms with Crippen LogP contribution in [0.5, 0.6) is 5.75 Å². The van der Waals surface area contributed by atoms with Crippen LogP contribution in [0.1, 0.15) is 5.56 Å². The van der Waals surface area contributed by atoms with Crippen LogP contribution >= 0.6 is 23.1 Å². The Morgan fingerprint density at radius 1 is 1.31 bits per heavy atom. The molecule has 1 aliphatic rings. The molecular formula is C17H17FN4O2S2. The summed E-state index contributed by atoms with van der Waals surface area (Å²) in [5.74, 6) is 0.504. The van der Waals surface area contributed by atoms with Crippen LogP contribution in [0.25, 0.3) is 10.3 Å². The molecule has 26 heavy (non-hydrogen) atoms. The molecule has 0 aliphatic carbocycles. The Hall–Kier alpha value is -1.97. The highest BCUT2D eigenvalue weighted by molar-refractivity contribution is 7.98. The van der Waals surface area contributed by atoms with E-state index in [0.717, 1.165) is 33.5 Å². The van der Waals surface area contributed by atoms with E-state index in [1.165, 1.54) is 19.5 Å². The molecule has 0 saturated carbocycles. The molecule has 0 amide bonds. The molecule has 1 aromatic carbocycles. The van der Waals surface area contributed by atoms with Gasteiger partial charge in [-0.3, -0.25) is 0 Å². The molecule has 9 heteroatoms. The number of hydrogen-bond acceptors (Lipinski definition) is 8. The van der Waals surface area contributed by atoms with Gasteiger partial charge in [-0.2, -0.15) is 4.98 Å². The highest BCUT2D eigenvalue weighted by Crippen LogP contribution is 2.35. The number of nitrogens with zero attached hydrogens (tertiary/aromatic N) is 4. The zero-order valence-corrected chi connectivity index (χ0v) is 15.8. The highest BCUT2D eigenvalue weighted by Gasteiger charge is 2.18. The third kappa shape index (κ3) is 3.60. The number of benzene rings is 1. The molecule has 1 saturated heterocycles. The number of thiazole rings is 1. The summed E-state index contributed by atoms with van der Waals surface area (Å²) in [6.07, 6.45) is 1.53. The van der Waals surface area contributed by atoms with Gasteiger partial charge in [-0.05, 0) is 17.7 Å². The van der Waals surface area contributed by atoms with Crippen molar-refractivity contribution < 1.29 is 13.9 Å². The molecule has 4 rings (SSSR count). The van der Waals surface area contributed by atoms with Gasteiger partial charge in [-0.1, -0.05) is 17.4 Å². The van der Waals surface area contributed by atoms with E-state index >= 15 is 0 Å². The van der Waals surface area contributed by atoms with E-state index in [4.69, 9.17) is 9.47 Å². The van der Waals surface area contributed by atoms with Gasteiger partial charge >= 0.3 is 0 Å². The average molecular weight is 392 g/mol. The van der Waals surface area contributed by atoms with Gasteiger partial charge in [0, 0.05) is 18.8 Å². The number of hydrogen-bond donors (Lipinski definition) is 0. The molecular weight excluding hydrogens is 375 g/mol. The molecule has 0 N–H and O–H groups in total. The lowest BCUT2D eigenvalue weighted by atomic mass is 10.2. The number of aromatic nitrogens is 3. The van der Waals surface area contributed by atoms with Crippen molar-refractivity contribution in [1.82, 2.24) is 15.0 Å². The maximum Gasteiger partial charge on any atom is 0.188 e. The number of thioether (sulfide) groups is 1. The van der Waals surface area contributed by atoms with Crippen molar-refractivity contribution in [2.45, 2.75) is 10.8 Å². The molecule has 3 heterocycles. The molecule has 6 nitrogen and oxygen atoms in total. The van der Waals surface area contributed by atoms with Gasteiger partial charge in [0.1, 0.15) is 16.1 Å². The lowest BCUT2D eigenvalue weighted by Crippen LogP contribution is -2.36. The van der Waals surface area contributed by atoms with Crippen molar-refractivity contribution in [3.05, 3.63) is 35.9 Å². The molecule has 0 atom stereocenters. The van der Waals surface area contributed by atoms with Crippen LogP contribution in [0.3, 0.4) is 0 Å². The summed E-state index contributed by atoms with van der Waals surface area (Å²) in [7, 11) is 1.46. The van der Waals surface area contributed by atoms with Gasteiger partial charge in [0.25, 0.3) is 0 Å². The molecule has 1 aliphatic heterocycles. The smallest absolute Gasteiger partial charge is 0.188 e. The Labute approximate surface area is 158 Å². The van der Waals surface area contributed by atoms with E-state index in [0.29, 0.717) is 24.6 Å². The second kappa shape index (κ2) is 7.73. The zero-order valence-electron chi connectivity index (χ0n) is 14.1. The summed E-state index contributed by atoms with van der Waals surface area (Å²) in [5.41, 5.74) is 1.58. The Bertz CT molecular complexity index is 915. The quantitative estimate of drug-likeness (QED) is 0.487. The van der Waals surface area contributed by atoms with E-state index in [1.807, 2.05) is 6.07 Å². The zero-order chi connectivity index (χ0) is 17.9. The molecule has 0 unspecified atom stereocenters. The van der Waals surface area contributed by atoms with Gasteiger partial charge < -0.3 is 14.4 Å². The third-order valence-electron chi connectivity index (χ3n) is 4.02. The number of morpholine rings is 1. The lowest BCUT2D eigenvalue weighted by molar-refractivity contribution is 0.122. The second-order valence-electron chi connectivity index (χ2n) is 5.68. The third-order valence-corrected chi connectivity index (χ3v) is 6.32. The van der Waals surface area contributed by atoms with Crippen molar-refractivity contribution in [2.24, 2.45) is 0 Å². The second-order valence-corrected chi connectivity index (χ2v) is 7.63. The van der Waals surface area contributed by atoms with Gasteiger partial charge in [-0.15, -0.1) is 11.8 Å². The fraction of sp³-hybridized carbons (Fsp3) is 0.353. The van der Waals surface area contributed by atoms with Gasteiger partial charge in [0.15, 0.2) is 22.3 Å². The van der Waals surface area contributed by atoms with E-state index in [9.17, 15) is 4.39 Å². The minimum atomic E-state index is -0.356. The number of anilines is 1. The lowest BCUT2D eigenvalue weighted by Gasteiger charge is -2.25. The maximum atomic E-state index is 13.9. The highest BCUT2D eigenvalue weighted by atomic mass is 32.2. The van der Waals surface area contributed by atoms with E-state index in [1.54, 1.807) is 29.2 Å². The number of fused-ring (bicyclic) bond motifs is 1. The summed E-state index contributed by atoms with van der Waals surface area (Å²) in [5, 5.41) is 1.81. The maximum absolute atomic E-state index is 13.9. The summed E-state index contributed by atoms with van der Waals surface area (Å²) in [4.78, 5) is 15.5. The van der Waals surface area contributed by atoms with Gasteiger partial charge in [0.05, 0.1) is 20.3 Å². The molecule has 2 aromatic heterocycles. The predicted octanol–water partition coefficient (Wildman–Crippen LogP) is 3.36. The number of methoxy groups -OCH3 is 1. The molecule has 1 fully saturated rings. The summed E-state index contributed by atoms with van der Waals surface area (Å²) in [6.45, 7) is 3.10. The van der Waals surface area contributed by atoms with E-state index in [-0.39, 0.29) is 11.6 Å². The standard InChI is InChI=1S/C17H17FN4O2S2/c1-23-13-3-2-11(8-12(13)18)9-25-16-14-15(19-10-20-16)21-17(26-14)22-4-6-24-7-5-22/h2-3,8,10H,4-7,9H2,1H3. The fourth-order valence-corrected chi connectivity index (χ4v) is 4.75. The fourth-order valence-electron chi connectivity index (χ4n) is 2.67. The van der Waals surface area contributed by atoms with Gasteiger partial charge in [0.2, 0.25) is 0 Å². The van der Waals surface area contributed by atoms with Crippen LogP contribution in [0.4, 0.5) is 9.52 Å². The Morgan fingerprint density at radius 3 is 2.92 bits per heavy atom. The molecule has 0 radical (unpaired) electrons. The van der Waals surface area contributed by atoms with Crippen LogP contribution in [0.15, 0.2) is 29.6 Å². The van der Waals surface area contributed by atoms with Crippen LogP contribution in [-0.4, -0.2) is 48.4 Å². The van der Waals surface area contributed by atoms with Crippen molar-refractivity contribution in [2.75, 3.05) is 38.3 Å². The van der Waals surface area contributed by atoms with Crippen LogP contribution < -0.4 is 9.64 Å². The number of rotatable bonds is 5. The number of halogens is 1. The first-order valence-corrected chi connectivity index (χ1v) is 9.94. The first-order chi connectivity index (χ1) is 12.7. The first kappa shape index (κ1) is 17.4. The van der Waals surface area contributed by atoms with E-state index in [2.05, 4.69) is 19.9 Å². The van der Waals surface area contributed by atoms with E-state index < -0.39 is 0 Å². The Balaban J connectivity index is 1.54. The summed E-state index contributed by atoms with van der Waals surface area (Å²) >= 11 is 3.15. The minimum absolute atomic E-state index is 0.251. The summed E-state index contributed by atoms with van der Waals surface area (Å²) < 4.78 is 25.2. The van der Waals surface area contributed by atoms with Crippen LogP contribution in [0, 0.1) is 5.82 Å². The summed E-state index contributed by atoms with van der Waals surface area (Å²) in [6, 6.07) is 5.00. The average Bonchev–Trinajstić information content (AvgIpc) is 3.12. The molecule has 0 bridgehead atoms. The predicted molar refractivity (Wildman–Crippen MR) is 101 cm³/mol. The van der Waals surface area contributed by atoms with Crippen LogP contribution in [0.2, 0.25) is 0 Å². The van der Waals surface area contributed by atoms with Crippen molar-refractivity contribution in [3.8, 4) is 5.75 Å². The largest absolute Gasteiger partial charge is 0.494 e. The number of ether oxygens (including phenoxy) is 2. The van der Waals surface area contributed by atoms with Crippen molar-refractivity contribution in [3.63, 3.8) is 0 Å². The topological polar surface area (TPSA) is 60.4 Å².